The Morgan fingerprint density at radius 3 is 2.21 bits per heavy atom. The summed E-state index contributed by atoms with van der Waals surface area (Å²) in [5.74, 6) is -0.142. The van der Waals surface area contributed by atoms with Gasteiger partial charge in [0.05, 0.1) is 13.6 Å². The van der Waals surface area contributed by atoms with Crippen molar-refractivity contribution in [3.8, 4) is 5.30 Å². The highest BCUT2D eigenvalue weighted by atomic mass is 31.1. The molecule has 1 aromatic carbocycles. The van der Waals surface area contributed by atoms with Gasteiger partial charge in [-0.05, 0) is 55.2 Å². The molecule has 2 aromatic rings. The van der Waals surface area contributed by atoms with Crippen molar-refractivity contribution in [2.45, 2.75) is 85.0 Å². The molecule has 0 fully saturated rings. The van der Waals surface area contributed by atoms with Crippen LogP contribution in [-0.2, 0) is 11.2 Å². The van der Waals surface area contributed by atoms with Crippen LogP contribution >= 0.6 is 7.53 Å². The van der Waals surface area contributed by atoms with E-state index in [0.717, 1.165) is 12.0 Å². The Labute approximate surface area is 173 Å². The highest BCUT2D eigenvalue weighted by Crippen LogP contribution is 2.46. The maximum absolute atomic E-state index is 13.1. The van der Waals surface area contributed by atoms with E-state index in [1.165, 1.54) is 41.2 Å². The van der Waals surface area contributed by atoms with Gasteiger partial charge in [-0.2, -0.15) is 0 Å². The quantitative estimate of drug-likeness (QED) is 0.257. The van der Waals surface area contributed by atoms with Crippen LogP contribution in [0.2, 0.25) is 19.6 Å². The van der Waals surface area contributed by atoms with Crippen LogP contribution in [0.25, 0.3) is 5.30 Å². The van der Waals surface area contributed by atoms with E-state index >= 15 is 0 Å². The van der Waals surface area contributed by atoms with Crippen molar-refractivity contribution in [2.24, 2.45) is 0 Å². The molecule has 154 valence electrons. The van der Waals surface area contributed by atoms with Gasteiger partial charge in [0.15, 0.2) is 0 Å². The minimum Gasteiger partial charge on any atom is -0.456 e. The molecule has 0 bridgehead atoms. The topological polar surface area (TPSA) is 26.3 Å². The Morgan fingerprint density at radius 2 is 1.68 bits per heavy atom. The summed E-state index contributed by atoms with van der Waals surface area (Å²) in [4.78, 5) is 14.5. The molecule has 0 N–H and O–H groups in total. The summed E-state index contributed by atoms with van der Waals surface area (Å²) in [6.07, 6.45) is 6.07. The summed E-state index contributed by atoms with van der Waals surface area (Å²) in [6, 6.07) is 13.0. The monoisotopic (exact) mass is 416 g/mol. The molecule has 0 saturated carbocycles. The Hall–Kier alpha value is -1.31. The Kier molecular flexibility index (Phi) is 7.76. The second-order valence-electron chi connectivity index (χ2n) is 9.63. The molecule has 1 heterocycles. The third kappa shape index (κ3) is 6.09. The average Bonchev–Trinajstić information content (AvgIpc) is 2.98. The van der Waals surface area contributed by atoms with Gasteiger partial charge in [-0.3, -0.25) is 0 Å². The number of benzene rings is 1. The molecule has 2 nitrogen and oxygen atoms in total. The lowest BCUT2D eigenvalue weighted by molar-refractivity contribution is 0.00713. The van der Waals surface area contributed by atoms with E-state index in [4.69, 9.17) is 4.74 Å². The summed E-state index contributed by atoms with van der Waals surface area (Å²) in [7, 11) is -2.30. The van der Waals surface area contributed by atoms with Gasteiger partial charge in [0.1, 0.15) is 5.60 Å². The summed E-state index contributed by atoms with van der Waals surface area (Å²) < 4.78 is 5.81. The molecule has 0 saturated heterocycles. The predicted molar refractivity (Wildman–Crippen MR) is 126 cm³/mol. The Balaban J connectivity index is 2.59. The van der Waals surface area contributed by atoms with Gasteiger partial charge in [-0.1, -0.05) is 83.7 Å². The van der Waals surface area contributed by atoms with Crippen LogP contribution in [0.1, 0.15) is 69.0 Å². The van der Waals surface area contributed by atoms with Gasteiger partial charge < -0.3 is 4.74 Å². The number of rotatable bonds is 8. The predicted octanol–water partition coefficient (Wildman–Crippen LogP) is 7.29. The second kappa shape index (κ2) is 9.46. The van der Waals surface area contributed by atoms with Crippen LogP contribution in [0.15, 0.2) is 36.4 Å². The van der Waals surface area contributed by atoms with Gasteiger partial charge in [-0.15, -0.1) is 0 Å². The van der Waals surface area contributed by atoms with Crippen LogP contribution in [0.4, 0.5) is 0 Å². The van der Waals surface area contributed by atoms with Crippen molar-refractivity contribution in [3.63, 3.8) is 0 Å². The van der Waals surface area contributed by atoms with E-state index in [1.807, 2.05) is 20.8 Å². The highest BCUT2D eigenvalue weighted by molar-refractivity contribution is 7.65. The normalized spacial score (nSPS) is 12.9. The van der Waals surface area contributed by atoms with Crippen LogP contribution in [0, 0.1) is 0 Å². The lowest BCUT2D eigenvalue weighted by Gasteiger charge is -2.24. The summed E-state index contributed by atoms with van der Waals surface area (Å²) in [6.45, 7) is 15.2. The zero-order chi connectivity index (χ0) is 20.9. The van der Waals surface area contributed by atoms with Crippen molar-refractivity contribution in [1.82, 2.24) is 0 Å². The number of hydrogen-bond acceptors (Lipinski definition) is 2. The van der Waals surface area contributed by atoms with Crippen molar-refractivity contribution >= 4 is 26.5 Å². The van der Waals surface area contributed by atoms with Crippen LogP contribution in [0.3, 0.4) is 0 Å². The van der Waals surface area contributed by atoms with Crippen molar-refractivity contribution in [2.75, 3.05) is 0 Å². The smallest absolute Gasteiger partial charge is 0.338 e. The van der Waals surface area contributed by atoms with Gasteiger partial charge in [0.2, 0.25) is 0 Å². The third-order valence-electron chi connectivity index (χ3n) is 4.71. The fourth-order valence-electron chi connectivity index (χ4n) is 3.58. The molecule has 1 aromatic heterocycles. The molecule has 0 radical (unpaired) electrons. The van der Waals surface area contributed by atoms with E-state index in [2.05, 4.69) is 63.0 Å². The molecular weight excluding hydrogens is 379 g/mol. The summed E-state index contributed by atoms with van der Waals surface area (Å²) >= 11 is 0. The largest absolute Gasteiger partial charge is 0.456 e. The fourth-order valence-corrected chi connectivity index (χ4v) is 10.4. The van der Waals surface area contributed by atoms with E-state index in [1.54, 1.807) is 0 Å². The standard InChI is InChI=1S/C24H37O2PSi/c1-8-9-10-12-17-20-18-21(22(25)26-24(2,3)4)23(28(5,6)7)27(20)19-15-13-11-14-16-19/h11,13-16,18H,8-10,12,17H2,1-7H3. The number of hydrogen-bond donors (Lipinski definition) is 0. The number of esters is 1. The first-order chi connectivity index (χ1) is 13.0. The van der Waals surface area contributed by atoms with E-state index < -0.39 is 21.2 Å². The van der Waals surface area contributed by atoms with Gasteiger partial charge in [0.25, 0.3) is 0 Å². The summed E-state index contributed by atoms with van der Waals surface area (Å²) in [5.41, 5.74) is 0.386. The summed E-state index contributed by atoms with van der Waals surface area (Å²) in [5, 5.41) is 2.82. The van der Waals surface area contributed by atoms with E-state index in [0.29, 0.717) is 0 Å². The number of carbonyl (C=O) groups excluding carboxylic acids is 1. The SMILES string of the molecule is CCCCCCc1cc(C(=O)OC(C)(C)C)c([Si](C)(C)C)p1-c1ccccc1. The molecule has 0 aliphatic heterocycles. The third-order valence-corrected chi connectivity index (χ3v) is 11.5. The molecule has 1 unspecified atom stereocenters. The maximum Gasteiger partial charge on any atom is 0.338 e. The van der Waals surface area contributed by atoms with E-state index in [9.17, 15) is 4.79 Å². The molecule has 28 heavy (non-hydrogen) atoms. The number of aryl methyl sites for hydroxylation is 1. The zero-order valence-corrected chi connectivity index (χ0v) is 20.7. The molecule has 2 rings (SSSR count). The van der Waals surface area contributed by atoms with Crippen LogP contribution in [-0.4, -0.2) is 19.6 Å². The maximum atomic E-state index is 13.1. The molecule has 4 heteroatoms. The molecule has 0 aliphatic rings. The fraction of sp³-hybridized carbons (Fsp3) is 0.542. The number of ether oxygens (including phenoxy) is 1. The number of unbranched alkanes of at least 4 members (excludes halogenated alkanes) is 3. The van der Waals surface area contributed by atoms with Gasteiger partial charge >= 0.3 is 5.97 Å². The van der Waals surface area contributed by atoms with Crippen LogP contribution < -0.4 is 4.92 Å². The van der Waals surface area contributed by atoms with E-state index in [-0.39, 0.29) is 5.97 Å². The molecule has 0 spiro atoms. The van der Waals surface area contributed by atoms with Crippen molar-refractivity contribution < 1.29 is 9.53 Å². The molecule has 1 atom stereocenters. The Morgan fingerprint density at radius 1 is 1.04 bits per heavy atom. The first-order valence-corrected chi connectivity index (χ1v) is 15.4. The second-order valence-corrected chi connectivity index (χ2v) is 17.3. The van der Waals surface area contributed by atoms with Crippen LogP contribution in [0.5, 0.6) is 0 Å². The minimum atomic E-state index is -1.71. The van der Waals surface area contributed by atoms with Crippen molar-refractivity contribution in [3.05, 3.63) is 47.3 Å². The zero-order valence-electron chi connectivity index (χ0n) is 18.8. The number of carbonyl (C=O) groups is 1. The lowest BCUT2D eigenvalue weighted by Crippen LogP contribution is -2.40. The van der Waals surface area contributed by atoms with Gasteiger partial charge in [-0.25, -0.2) is 4.79 Å². The minimum absolute atomic E-state index is 0.142. The molecule has 0 amide bonds. The first kappa shape index (κ1) is 23.0. The Bertz CT molecular complexity index is 779. The lowest BCUT2D eigenvalue weighted by atomic mass is 10.1. The highest BCUT2D eigenvalue weighted by Gasteiger charge is 2.32. The first-order valence-electron chi connectivity index (χ1n) is 10.6. The van der Waals surface area contributed by atoms with Gasteiger partial charge in [0, 0.05) is 0 Å². The molecular formula is C24H37O2PSi. The average molecular weight is 417 g/mol. The van der Waals surface area contributed by atoms with Crippen molar-refractivity contribution in [1.29, 1.82) is 0 Å². The molecule has 0 aliphatic carbocycles.